The Morgan fingerprint density at radius 1 is 1.00 bits per heavy atom. The van der Waals surface area contributed by atoms with Crippen LogP contribution in [0.2, 0.25) is 0 Å². The molecule has 1 atom stereocenters. The monoisotopic (exact) mass is 485 g/mol. The van der Waals surface area contributed by atoms with Gasteiger partial charge < -0.3 is 10.2 Å². The topological polar surface area (TPSA) is 113 Å². The number of likely N-dealkylation sites (tertiary alicyclic amines) is 1. The first-order chi connectivity index (χ1) is 16.1. The van der Waals surface area contributed by atoms with E-state index in [0.29, 0.717) is 29.8 Å². The molecule has 0 aliphatic carbocycles. The van der Waals surface area contributed by atoms with E-state index in [4.69, 9.17) is 0 Å². The molecule has 2 N–H and O–H groups in total. The summed E-state index contributed by atoms with van der Waals surface area (Å²) >= 11 is 0. The molecule has 0 aromatic heterocycles. The van der Waals surface area contributed by atoms with Gasteiger partial charge >= 0.3 is 0 Å². The first-order valence-corrected chi connectivity index (χ1v) is 12.8. The third-order valence-corrected chi connectivity index (χ3v) is 7.23. The van der Waals surface area contributed by atoms with E-state index in [2.05, 4.69) is 10.0 Å². The Hall–Kier alpha value is -3.04. The number of rotatable bonds is 8. The molecule has 1 fully saturated rings. The highest BCUT2D eigenvalue weighted by Crippen LogP contribution is 2.16. The van der Waals surface area contributed by atoms with Crippen molar-refractivity contribution in [1.82, 2.24) is 14.9 Å². The first-order valence-electron chi connectivity index (χ1n) is 11.4. The van der Waals surface area contributed by atoms with E-state index in [-0.39, 0.29) is 41.0 Å². The molecule has 182 valence electrons. The molecular weight excluding hydrogens is 454 g/mol. The molecule has 9 heteroatoms. The average molecular weight is 486 g/mol. The van der Waals surface area contributed by atoms with Gasteiger partial charge in [-0.05, 0) is 49.6 Å². The number of piperidine rings is 1. The van der Waals surface area contributed by atoms with Crippen molar-refractivity contribution in [3.63, 3.8) is 0 Å². The normalized spacial score (nSPS) is 16.4. The Kier molecular flexibility index (Phi) is 8.22. The van der Waals surface area contributed by atoms with Gasteiger partial charge in [0.2, 0.25) is 15.9 Å². The van der Waals surface area contributed by atoms with Crippen LogP contribution < -0.4 is 10.0 Å². The maximum Gasteiger partial charge on any atom is 0.253 e. The minimum absolute atomic E-state index is 0.0131. The lowest BCUT2D eigenvalue weighted by Crippen LogP contribution is -2.50. The highest BCUT2D eigenvalue weighted by molar-refractivity contribution is 7.89. The number of amides is 2. The summed E-state index contributed by atoms with van der Waals surface area (Å²) in [5.74, 6) is -0.357. The largest absolute Gasteiger partial charge is 0.351 e. The number of Topliss-reactive ketones (excluding diaryl/α,β-unsaturated/α-hetero) is 1. The summed E-state index contributed by atoms with van der Waals surface area (Å²) in [6.07, 6.45) is 1.67. The predicted octanol–water partition coefficient (Wildman–Crippen LogP) is 2.74. The Morgan fingerprint density at radius 3 is 2.21 bits per heavy atom. The summed E-state index contributed by atoms with van der Waals surface area (Å²) in [4.78, 5) is 38.1. The predicted molar refractivity (Wildman–Crippen MR) is 129 cm³/mol. The molecule has 0 bridgehead atoms. The minimum Gasteiger partial charge on any atom is -0.351 e. The van der Waals surface area contributed by atoms with Gasteiger partial charge in [-0.1, -0.05) is 38.1 Å². The number of nitrogens with one attached hydrogen (secondary N) is 2. The third-order valence-electron chi connectivity index (χ3n) is 5.82. The number of hydrogen-bond donors (Lipinski definition) is 2. The SMILES string of the molecule is CC(=O)c1ccc(S(=O)(=O)NCc2ccc(C(=O)N3CCC[C@@H](NC(=O)C(C)C)C3)cc2)cc1. The molecule has 1 aliphatic rings. The molecule has 1 aliphatic heterocycles. The van der Waals surface area contributed by atoms with E-state index in [1.807, 2.05) is 13.8 Å². The Bertz CT molecular complexity index is 1140. The Labute approximate surface area is 200 Å². The molecule has 0 saturated carbocycles. The van der Waals surface area contributed by atoms with E-state index in [1.165, 1.54) is 31.2 Å². The van der Waals surface area contributed by atoms with E-state index in [1.54, 1.807) is 29.2 Å². The Morgan fingerprint density at radius 2 is 1.62 bits per heavy atom. The molecule has 2 aromatic rings. The molecular formula is C25H31N3O5S. The molecule has 0 radical (unpaired) electrons. The molecule has 1 saturated heterocycles. The summed E-state index contributed by atoms with van der Waals surface area (Å²) in [5.41, 5.74) is 1.67. The molecule has 2 aromatic carbocycles. The standard InChI is InChI=1S/C25H31N3O5S/c1-17(2)24(30)27-22-5-4-14-28(16-22)25(31)21-8-6-19(7-9-21)15-26-34(32,33)23-12-10-20(11-13-23)18(3)29/h6-13,17,22,26H,4-5,14-16H2,1-3H3,(H,27,30)/t22-/m1/s1. The van der Waals surface area contributed by atoms with Crippen LogP contribution in [-0.4, -0.2) is 50.0 Å². The lowest BCUT2D eigenvalue weighted by molar-refractivity contribution is -0.125. The number of nitrogens with zero attached hydrogens (tertiary/aromatic N) is 1. The smallest absolute Gasteiger partial charge is 0.253 e. The molecule has 34 heavy (non-hydrogen) atoms. The molecule has 1 heterocycles. The Balaban J connectivity index is 1.58. The van der Waals surface area contributed by atoms with Crippen LogP contribution in [0.4, 0.5) is 0 Å². The van der Waals surface area contributed by atoms with Gasteiger partial charge in [0.1, 0.15) is 0 Å². The number of ketones is 1. The maximum atomic E-state index is 12.9. The summed E-state index contributed by atoms with van der Waals surface area (Å²) in [6, 6.07) is 12.5. The number of benzene rings is 2. The second kappa shape index (κ2) is 10.9. The van der Waals surface area contributed by atoms with Crippen molar-refractivity contribution >= 4 is 27.6 Å². The van der Waals surface area contributed by atoms with Gasteiger partial charge in [0, 0.05) is 42.7 Å². The van der Waals surface area contributed by atoms with Gasteiger partial charge in [0.25, 0.3) is 5.91 Å². The summed E-state index contributed by atoms with van der Waals surface area (Å²) < 4.78 is 27.6. The van der Waals surface area contributed by atoms with E-state index < -0.39 is 10.0 Å². The number of carbonyl (C=O) groups excluding carboxylic acids is 3. The highest BCUT2D eigenvalue weighted by Gasteiger charge is 2.26. The zero-order valence-corrected chi connectivity index (χ0v) is 20.5. The second-order valence-corrected chi connectivity index (χ2v) is 10.6. The number of hydrogen-bond acceptors (Lipinski definition) is 5. The van der Waals surface area contributed by atoms with Crippen LogP contribution >= 0.6 is 0 Å². The third kappa shape index (κ3) is 6.51. The fraction of sp³-hybridized carbons (Fsp3) is 0.400. The van der Waals surface area contributed by atoms with Crippen molar-refractivity contribution in [2.24, 2.45) is 5.92 Å². The van der Waals surface area contributed by atoms with Gasteiger partial charge in [0.05, 0.1) is 4.90 Å². The van der Waals surface area contributed by atoms with Gasteiger partial charge in [-0.25, -0.2) is 13.1 Å². The van der Waals surface area contributed by atoms with Crippen LogP contribution in [0.15, 0.2) is 53.4 Å². The summed E-state index contributed by atoms with van der Waals surface area (Å²) in [5, 5.41) is 3.00. The fourth-order valence-corrected chi connectivity index (χ4v) is 4.74. The van der Waals surface area contributed by atoms with Crippen molar-refractivity contribution in [3.05, 3.63) is 65.2 Å². The number of sulfonamides is 1. The van der Waals surface area contributed by atoms with Crippen molar-refractivity contribution in [2.45, 2.75) is 51.1 Å². The van der Waals surface area contributed by atoms with Gasteiger partial charge in [-0.2, -0.15) is 0 Å². The van der Waals surface area contributed by atoms with Crippen LogP contribution in [0.5, 0.6) is 0 Å². The average Bonchev–Trinajstić information content (AvgIpc) is 2.83. The quantitative estimate of drug-likeness (QED) is 0.559. The van der Waals surface area contributed by atoms with E-state index in [9.17, 15) is 22.8 Å². The zero-order valence-electron chi connectivity index (χ0n) is 19.7. The highest BCUT2D eigenvalue weighted by atomic mass is 32.2. The van der Waals surface area contributed by atoms with Crippen molar-refractivity contribution in [2.75, 3.05) is 13.1 Å². The molecule has 0 unspecified atom stereocenters. The summed E-state index contributed by atoms with van der Waals surface area (Å²) in [6.45, 7) is 6.28. The fourth-order valence-electron chi connectivity index (χ4n) is 3.73. The molecule has 0 spiro atoms. The number of carbonyl (C=O) groups is 3. The van der Waals surface area contributed by atoms with Crippen molar-refractivity contribution in [3.8, 4) is 0 Å². The first kappa shape index (κ1) is 25.6. The lowest BCUT2D eigenvalue weighted by Gasteiger charge is -2.33. The van der Waals surface area contributed by atoms with Gasteiger partial charge in [0.15, 0.2) is 5.78 Å². The van der Waals surface area contributed by atoms with Crippen LogP contribution in [-0.2, 0) is 21.4 Å². The molecule has 3 rings (SSSR count). The van der Waals surface area contributed by atoms with E-state index >= 15 is 0 Å². The zero-order chi connectivity index (χ0) is 24.9. The van der Waals surface area contributed by atoms with Crippen LogP contribution in [0.1, 0.15) is 59.9 Å². The molecule has 2 amide bonds. The van der Waals surface area contributed by atoms with Crippen molar-refractivity contribution < 1.29 is 22.8 Å². The van der Waals surface area contributed by atoms with E-state index in [0.717, 1.165) is 12.8 Å². The maximum absolute atomic E-state index is 12.9. The minimum atomic E-state index is -3.74. The lowest BCUT2D eigenvalue weighted by atomic mass is 10.0. The van der Waals surface area contributed by atoms with Crippen LogP contribution in [0, 0.1) is 5.92 Å². The van der Waals surface area contributed by atoms with Crippen LogP contribution in [0.25, 0.3) is 0 Å². The second-order valence-electron chi connectivity index (χ2n) is 8.86. The van der Waals surface area contributed by atoms with Crippen LogP contribution in [0.3, 0.4) is 0 Å². The molecule has 8 nitrogen and oxygen atoms in total. The van der Waals surface area contributed by atoms with Crippen molar-refractivity contribution in [1.29, 1.82) is 0 Å². The van der Waals surface area contributed by atoms with Gasteiger partial charge in [-0.15, -0.1) is 0 Å². The van der Waals surface area contributed by atoms with Gasteiger partial charge in [-0.3, -0.25) is 14.4 Å². The summed E-state index contributed by atoms with van der Waals surface area (Å²) in [7, 11) is -3.74.